The van der Waals surface area contributed by atoms with E-state index in [2.05, 4.69) is 17.4 Å². The summed E-state index contributed by atoms with van der Waals surface area (Å²) in [5.74, 6) is 0. The molecule has 0 aliphatic carbocycles. The summed E-state index contributed by atoms with van der Waals surface area (Å²) in [6.45, 7) is 5.11. The maximum Gasteiger partial charge on any atom is 0.0716 e. The average molecular weight is 158 g/mol. The Kier molecular flexibility index (Phi) is 3.83. The van der Waals surface area contributed by atoms with Crippen molar-refractivity contribution in [1.29, 1.82) is 0 Å². The second kappa shape index (κ2) is 4.70. The Bertz CT molecular complexity index is 106. The van der Waals surface area contributed by atoms with Crippen molar-refractivity contribution in [3.63, 3.8) is 0 Å². The predicted octanol–water partition coefficient (Wildman–Crippen LogP) is 0.622. The summed E-state index contributed by atoms with van der Waals surface area (Å²) in [6.07, 6.45) is 2.83. The Hall–Kier alpha value is -0.120. The lowest BCUT2D eigenvalue weighted by Crippen LogP contribution is -2.48. The molecule has 1 atom stereocenters. The van der Waals surface area contributed by atoms with Crippen LogP contribution in [-0.2, 0) is 4.74 Å². The number of nitrogens with zero attached hydrogens (tertiary/aromatic N) is 1. The number of rotatable bonds is 3. The van der Waals surface area contributed by atoms with Gasteiger partial charge in [-0.15, -0.1) is 0 Å². The van der Waals surface area contributed by atoms with Gasteiger partial charge < -0.3 is 4.74 Å². The van der Waals surface area contributed by atoms with Crippen LogP contribution in [0.2, 0.25) is 0 Å². The summed E-state index contributed by atoms with van der Waals surface area (Å²) >= 11 is 0. The first-order chi connectivity index (χ1) is 5.36. The van der Waals surface area contributed by atoms with E-state index in [1.54, 1.807) is 0 Å². The van der Waals surface area contributed by atoms with Crippen molar-refractivity contribution in [2.24, 2.45) is 0 Å². The molecule has 0 bridgehead atoms. The lowest BCUT2D eigenvalue weighted by Gasteiger charge is -2.31. The highest BCUT2D eigenvalue weighted by atomic mass is 16.5. The van der Waals surface area contributed by atoms with Gasteiger partial charge in [0.2, 0.25) is 0 Å². The van der Waals surface area contributed by atoms with Crippen LogP contribution in [0.25, 0.3) is 0 Å². The van der Waals surface area contributed by atoms with Gasteiger partial charge in [-0.05, 0) is 13.5 Å². The molecule has 0 aromatic carbocycles. The largest absolute Gasteiger partial charge is 0.375 e. The summed E-state index contributed by atoms with van der Waals surface area (Å²) in [5.41, 5.74) is 3.15. The van der Waals surface area contributed by atoms with E-state index in [1.165, 1.54) is 12.8 Å². The van der Waals surface area contributed by atoms with Crippen molar-refractivity contribution in [2.75, 3.05) is 26.7 Å². The summed E-state index contributed by atoms with van der Waals surface area (Å²) in [4.78, 5) is 0. The smallest absolute Gasteiger partial charge is 0.0716 e. The average Bonchev–Trinajstić information content (AvgIpc) is 2.06. The van der Waals surface area contributed by atoms with Crippen LogP contribution in [0.1, 0.15) is 19.8 Å². The Morgan fingerprint density at radius 3 is 3.09 bits per heavy atom. The van der Waals surface area contributed by atoms with Gasteiger partial charge in [0, 0.05) is 13.1 Å². The quantitative estimate of drug-likeness (QED) is 0.651. The Morgan fingerprint density at radius 1 is 1.64 bits per heavy atom. The molecule has 1 saturated heterocycles. The molecule has 66 valence electrons. The van der Waals surface area contributed by atoms with Gasteiger partial charge in [0.05, 0.1) is 12.7 Å². The third kappa shape index (κ3) is 2.77. The van der Waals surface area contributed by atoms with Gasteiger partial charge in [-0.3, -0.25) is 5.43 Å². The molecule has 1 fully saturated rings. The molecule has 1 rings (SSSR count). The molecule has 0 aromatic heterocycles. The molecule has 11 heavy (non-hydrogen) atoms. The fraction of sp³-hybridized carbons (Fsp3) is 1.00. The van der Waals surface area contributed by atoms with Crippen LogP contribution >= 0.6 is 0 Å². The number of morpholine rings is 1. The SMILES string of the molecule is CCCC1CN(NC)CCO1. The number of hydrazine groups is 1. The first-order valence-corrected chi connectivity index (χ1v) is 4.40. The molecule has 1 aliphatic rings. The van der Waals surface area contributed by atoms with Gasteiger partial charge in [0.15, 0.2) is 0 Å². The highest BCUT2D eigenvalue weighted by Gasteiger charge is 2.17. The normalized spacial score (nSPS) is 27.3. The van der Waals surface area contributed by atoms with Crippen molar-refractivity contribution >= 4 is 0 Å². The van der Waals surface area contributed by atoms with Gasteiger partial charge in [0.1, 0.15) is 0 Å². The number of hydrogen-bond acceptors (Lipinski definition) is 3. The zero-order valence-electron chi connectivity index (χ0n) is 7.47. The molecular formula is C8H18N2O. The van der Waals surface area contributed by atoms with E-state index in [1.807, 2.05) is 7.05 Å². The summed E-state index contributed by atoms with van der Waals surface area (Å²) in [7, 11) is 1.97. The van der Waals surface area contributed by atoms with Crippen molar-refractivity contribution < 1.29 is 4.74 Å². The predicted molar refractivity (Wildman–Crippen MR) is 45.3 cm³/mol. The number of ether oxygens (including phenoxy) is 1. The molecule has 1 heterocycles. The number of nitrogens with one attached hydrogen (secondary N) is 1. The highest BCUT2D eigenvalue weighted by Crippen LogP contribution is 2.07. The molecule has 1 N–H and O–H groups in total. The first kappa shape index (κ1) is 8.97. The van der Waals surface area contributed by atoms with E-state index < -0.39 is 0 Å². The molecule has 0 saturated carbocycles. The van der Waals surface area contributed by atoms with Crippen LogP contribution in [-0.4, -0.2) is 37.9 Å². The second-order valence-corrected chi connectivity index (χ2v) is 2.95. The molecule has 3 heteroatoms. The zero-order chi connectivity index (χ0) is 8.10. The highest BCUT2D eigenvalue weighted by molar-refractivity contribution is 4.67. The van der Waals surface area contributed by atoms with Gasteiger partial charge >= 0.3 is 0 Å². The van der Waals surface area contributed by atoms with Gasteiger partial charge in [0.25, 0.3) is 0 Å². The third-order valence-electron chi connectivity index (χ3n) is 2.07. The molecule has 0 radical (unpaired) electrons. The van der Waals surface area contributed by atoms with E-state index in [0.29, 0.717) is 6.10 Å². The molecule has 1 aliphatic heterocycles. The van der Waals surface area contributed by atoms with E-state index in [-0.39, 0.29) is 0 Å². The minimum atomic E-state index is 0.446. The summed E-state index contributed by atoms with van der Waals surface area (Å²) < 4.78 is 5.57. The fourth-order valence-electron chi connectivity index (χ4n) is 1.42. The van der Waals surface area contributed by atoms with Crippen molar-refractivity contribution in [2.45, 2.75) is 25.9 Å². The van der Waals surface area contributed by atoms with Crippen molar-refractivity contribution in [1.82, 2.24) is 10.4 Å². The van der Waals surface area contributed by atoms with Crippen molar-refractivity contribution in [3.05, 3.63) is 0 Å². The lowest BCUT2D eigenvalue weighted by atomic mass is 10.2. The number of hydrogen-bond donors (Lipinski definition) is 1. The molecular weight excluding hydrogens is 140 g/mol. The fourth-order valence-corrected chi connectivity index (χ4v) is 1.42. The summed E-state index contributed by atoms with van der Waals surface area (Å²) in [5, 5.41) is 2.21. The second-order valence-electron chi connectivity index (χ2n) is 2.95. The molecule has 0 spiro atoms. The lowest BCUT2D eigenvalue weighted by molar-refractivity contribution is -0.0471. The topological polar surface area (TPSA) is 24.5 Å². The standard InChI is InChI=1S/C8H18N2O/c1-3-4-8-7-10(9-2)5-6-11-8/h8-9H,3-7H2,1-2H3. The molecule has 0 amide bonds. The minimum Gasteiger partial charge on any atom is -0.375 e. The van der Waals surface area contributed by atoms with Gasteiger partial charge in [-0.1, -0.05) is 13.3 Å². The van der Waals surface area contributed by atoms with E-state index in [0.717, 1.165) is 19.7 Å². The van der Waals surface area contributed by atoms with Crippen LogP contribution in [0.4, 0.5) is 0 Å². The zero-order valence-corrected chi connectivity index (χ0v) is 7.47. The monoisotopic (exact) mass is 158 g/mol. The van der Waals surface area contributed by atoms with E-state index in [4.69, 9.17) is 4.74 Å². The van der Waals surface area contributed by atoms with Gasteiger partial charge in [-0.25, -0.2) is 5.01 Å². The Balaban J connectivity index is 2.21. The van der Waals surface area contributed by atoms with Crippen molar-refractivity contribution in [3.8, 4) is 0 Å². The van der Waals surface area contributed by atoms with E-state index in [9.17, 15) is 0 Å². The first-order valence-electron chi connectivity index (χ1n) is 4.40. The minimum absolute atomic E-state index is 0.446. The molecule has 1 unspecified atom stereocenters. The van der Waals surface area contributed by atoms with E-state index >= 15 is 0 Å². The maximum atomic E-state index is 5.57. The van der Waals surface area contributed by atoms with Crippen LogP contribution in [0.5, 0.6) is 0 Å². The van der Waals surface area contributed by atoms with Crippen LogP contribution < -0.4 is 5.43 Å². The Labute approximate surface area is 68.7 Å². The molecule has 0 aromatic rings. The van der Waals surface area contributed by atoms with Gasteiger partial charge in [-0.2, -0.15) is 0 Å². The van der Waals surface area contributed by atoms with Crippen LogP contribution in [0.3, 0.4) is 0 Å². The summed E-state index contributed by atoms with van der Waals surface area (Å²) in [6, 6.07) is 0. The maximum absolute atomic E-state index is 5.57. The molecule has 3 nitrogen and oxygen atoms in total. The third-order valence-corrected chi connectivity index (χ3v) is 2.07. The Morgan fingerprint density at radius 2 is 2.45 bits per heavy atom. The van der Waals surface area contributed by atoms with Crippen LogP contribution in [0, 0.1) is 0 Å². The van der Waals surface area contributed by atoms with Crippen LogP contribution in [0.15, 0.2) is 0 Å².